The van der Waals surface area contributed by atoms with Crippen LogP contribution < -0.4 is 5.73 Å². The molecule has 2 N–H and O–H groups in total. The molecule has 1 unspecified atom stereocenters. The minimum Gasteiger partial charge on any atom is -0.468 e. The highest BCUT2D eigenvalue weighted by Crippen LogP contribution is 2.06. The predicted octanol–water partition coefficient (Wildman–Crippen LogP) is 0.970. The molecule has 0 aromatic heterocycles. The summed E-state index contributed by atoms with van der Waals surface area (Å²) in [6.07, 6.45) is 1.15. The van der Waals surface area contributed by atoms with Crippen molar-refractivity contribution in [2.75, 3.05) is 25.3 Å². The van der Waals surface area contributed by atoms with Gasteiger partial charge in [-0.2, -0.15) is 11.8 Å². The molecule has 0 aliphatic rings. The maximum atomic E-state index is 11.6. The molecule has 78 valence electrons. The molecule has 13 heavy (non-hydrogen) atoms. The lowest BCUT2D eigenvalue weighted by molar-refractivity contribution is -0.142. The van der Waals surface area contributed by atoms with E-state index in [9.17, 15) is 9.18 Å². The van der Waals surface area contributed by atoms with E-state index in [1.54, 1.807) is 11.8 Å². The van der Waals surface area contributed by atoms with Crippen molar-refractivity contribution in [1.82, 2.24) is 0 Å². The third-order valence-electron chi connectivity index (χ3n) is 1.50. The van der Waals surface area contributed by atoms with Crippen LogP contribution in [0.25, 0.3) is 0 Å². The first kappa shape index (κ1) is 12.7. The summed E-state index contributed by atoms with van der Waals surface area (Å²) in [5.74, 6) is 1.17. The summed E-state index contributed by atoms with van der Waals surface area (Å²) in [5.41, 5.74) is 5.48. The lowest BCUT2D eigenvalue weighted by atomic mass is 10.2. The Hall–Kier alpha value is -0.290. The van der Waals surface area contributed by atoms with E-state index in [0.717, 1.165) is 11.5 Å². The molecule has 0 heterocycles. The summed E-state index contributed by atoms with van der Waals surface area (Å²) in [6.45, 7) is -0.282. The molecule has 1 atom stereocenters. The Kier molecular flexibility index (Phi) is 8.13. The highest BCUT2D eigenvalue weighted by molar-refractivity contribution is 7.99. The second-order valence-corrected chi connectivity index (χ2v) is 3.80. The van der Waals surface area contributed by atoms with Gasteiger partial charge in [0, 0.05) is 0 Å². The molecule has 0 saturated carbocycles. The second-order valence-electron chi connectivity index (χ2n) is 2.57. The van der Waals surface area contributed by atoms with Crippen LogP contribution in [0.5, 0.6) is 0 Å². The highest BCUT2D eigenvalue weighted by Gasteiger charge is 2.12. The lowest BCUT2D eigenvalue weighted by Crippen LogP contribution is -2.32. The van der Waals surface area contributed by atoms with Crippen molar-refractivity contribution >= 4 is 17.7 Å². The summed E-state index contributed by atoms with van der Waals surface area (Å²) in [4.78, 5) is 10.8. The summed E-state index contributed by atoms with van der Waals surface area (Å²) in [5, 5.41) is 0. The first-order valence-electron chi connectivity index (χ1n) is 4.19. The third-order valence-corrected chi connectivity index (χ3v) is 2.60. The van der Waals surface area contributed by atoms with Crippen molar-refractivity contribution in [2.24, 2.45) is 5.73 Å². The Morgan fingerprint density at radius 1 is 1.62 bits per heavy atom. The van der Waals surface area contributed by atoms with Crippen LogP contribution in [-0.4, -0.2) is 37.3 Å². The van der Waals surface area contributed by atoms with Crippen LogP contribution in [0.4, 0.5) is 4.39 Å². The second kappa shape index (κ2) is 8.31. The average molecular weight is 209 g/mol. The molecule has 0 fully saturated rings. The van der Waals surface area contributed by atoms with Crippen molar-refractivity contribution in [1.29, 1.82) is 0 Å². The molecule has 0 aromatic rings. The van der Waals surface area contributed by atoms with Gasteiger partial charge >= 0.3 is 5.97 Å². The fourth-order valence-electron chi connectivity index (χ4n) is 0.738. The zero-order valence-corrected chi connectivity index (χ0v) is 8.61. The number of rotatable bonds is 7. The first-order valence-corrected chi connectivity index (χ1v) is 5.35. The predicted molar refractivity (Wildman–Crippen MR) is 52.5 cm³/mol. The maximum Gasteiger partial charge on any atom is 0.322 e. The number of ether oxygens (including phenoxy) is 1. The minimum atomic E-state index is -0.539. The summed E-state index contributed by atoms with van der Waals surface area (Å²) in [6, 6.07) is -0.539. The normalized spacial score (nSPS) is 12.5. The Balaban J connectivity index is 3.26. The molecule has 0 saturated heterocycles. The number of carbonyl (C=O) groups is 1. The fourth-order valence-corrected chi connectivity index (χ4v) is 1.68. The number of carbonyl (C=O) groups excluding carboxylic acids is 1. The summed E-state index contributed by atoms with van der Waals surface area (Å²) < 4.78 is 16.1. The van der Waals surface area contributed by atoms with E-state index in [1.807, 2.05) is 0 Å². The van der Waals surface area contributed by atoms with E-state index in [2.05, 4.69) is 4.74 Å². The Morgan fingerprint density at radius 3 is 2.85 bits per heavy atom. The van der Waals surface area contributed by atoms with Crippen LogP contribution >= 0.6 is 11.8 Å². The van der Waals surface area contributed by atoms with E-state index < -0.39 is 6.04 Å². The van der Waals surface area contributed by atoms with Crippen molar-refractivity contribution < 1.29 is 13.9 Å². The Labute approximate surface area is 82.2 Å². The smallest absolute Gasteiger partial charge is 0.322 e. The van der Waals surface area contributed by atoms with Crippen LogP contribution in [0.2, 0.25) is 0 Å². The molecule has 0 rings (SSSR count). The van der Waals surface area contributed by atoms with Crippen LogP contribution in [-0.2, 0) is 9.53 Å². The SMILES string of the molecule is COC(=O)C(N)CCSCCCF. The van der Waals surface area contributed by atoms with Gasteiger partial charge in [-0.3, -0.25) is 9.18 Å². The number of nitrogens with two attached hydrogens (primary N) is 1. The fraction of sp³-hybridized carbons (Fsp3) is 0.875. The molecular weight excluding hydrogens is 193 g/mol. The number of thioether (sulfide) groups is 1. The monoisotopic (exact) mass is 209 g/mol. The molecule has 0 radical (unpaired) electrons. The molecule has 0 spiro atoms. The van der Waals surface area contributed by atoms with Gasteiger partial charge < -0.3 is 10.5 Å². The van der Waals surface area contributed by atoms with Crippen LogP contribution in [0, 0.1) is 0 Å². The molecule has 0 amide bonds. The van der Waals surface area contributed by atoms with Crippen molar-refractivity contribution in [2.45, 2.75) is 18.9 Å². The minimum absolute atomic E-state index is 0.282. The van der Waals surface area contributed by atoms with Crippen LogP contribution in [0.15, 0.2) is 0 Å². The van der Waals surface area contributed by atoms with Gasteiger partial charge in [0.2, 0.25) is 0 Å². The first-order chi connectivity index (χ1) is 6.22. The van der Waals surface area contributed by atoms with Gasteiger partial charge in [-0.05, 0) is 24.3 Å². The van der Waals surface area contributed by atoms with Gasteiger partial charge in [0.1, 0.15) is 6.04 Å². The van der Waals surface area contributed by atoms with Crippen molar-refractivity contribution in [3.63, 3.8) is 0 Å². The van der Waals surface area contributed by atoms with Crippen LogP contribution in [0.1, 0.15) is 12.8 Å². The van der Waals surface area contributed by atoms with E-state index in [4.69, 9.17) is 5.73 Å². The molecule has 3 nitrogen and oxygen atoms in total. The molecular formula is C8H16FNO2S. The van der Waals surface area contributed by atoms with Crippen LogP contribution in [0.3, 0.4) is 0 Å². The van der Waals surface area contributed by atoms with Gasteiger partial charge in [-0.15, -0.1) is 0 Å². The number of halogens is 1. The number of hydrogen-bond donors (Lipinski definition) is 1. The van der Waals surface area contributed by atoms with E-state index in [-0.39, 0.29) is 12.6 Å². The Morgan fingerprint density at radius 2 is 2.31 bits per heavy atom. The average Bonchev–Trinajstić information content (AvgIpc) is 2.16. The number of methoxy groups -OCH3 is 1. The quantitative estimate of drug-likeness (QED) is 0.501. The van der Waals surface area contributed by atoms with Crippen molar-refractivity contribution in [3.05, 3.63) is 0 Å². The van der Waals surface area contributed by atoms with E-state index in [0.29, 0.717) is 12.8 Å². The standard InChI is InChI=1S/C8H16FNO2S/c1-12-8(11)7(10)3-6-13-5-2-4-9/h7H,2-6,10H2,1H3. The summed E-state index contributed by atoms with van der Waals surface area (Å²) >= 11 is 1.61. The van der Waals surface area contributed by atoms with E-state index >= 15 is 0 Å². The largest absolute Gasteiger partial charge is 0.468 e. The van der Waals surface area contributed by atoms with Gasteiger partial charge in [0.05, 0.1) is 13.8 Å². The lowest BCUT2D eigenvalue weighted by Gasteiger charge is -2.07. The van der Waals surface area contributed by atoms with Gasteiger partial charge in [0.25, 0.3) is 0 Å². The highest BCUT2D eigenvalue weighted by atomic mass is 32.2. The topological polar surface area (TPSA) is 52.3 Å². The molecule has 0 aromatic carbocycles. The van der Waals surface area contributed by atoms with Crippen molar-refractivity contribution in [3.8, 4) is 0 Å². The maximum absolute atomic E-state index is 11.6. The zero-order chi connectivity index (χ0) is 10.1. The van der Waals surface area contributed by atoms with E-state index in [1.165, 1.54) is 7.11 Å². The molecule has 0 aliphatic heterocycles. The van der Waals surface area contributed by atoms with Gasteiger partial charge in [-0.1, -0.05) is 0 Å². The number of esters is 1. The number of alkyl halides is 1. The summed E-state index contributed by atoms with van der Waals surface area (Å²) in [7, 11) is 1.32. The third kappa shape index (κ3) is 6.83. The number of hydrogen-bond acceptors (Lipinski definition) is 4. The van der Waals surface area contributed by atoms with Gasteiger partial charge in [0.15, 0.2) is 0 Å². The molecule has 0 bridgehead atoms. The zero-order valence-electron chi connectivity index (χ0n) is 7.79. The van der Waals surface area contributed by atoms with Gasteiger partial charge in [-0.25, -0.2) is 0 Å². The molecule has 5 heteroatoms. The Bertz CT molecular complexity index is 146. The molecule has 0 aliphatic carbocycles.